The molecule has 2 heterocycles. The van der Waals surface area contributed by atoms with E-state index >= 15 is 0 Å². The maximum Gasteiger partial charge on any atom is 0.245 e. The average molecular weight is 282 g/mol. The molecule has 2 aliphatic rings. The summed E-state index contributed by atoms with van der Waals surface area (Å²) in [6.45, 7) is 1.15. The number of anilines is 1. The molecule has 0 saturated carbocycles. The third kappa shape index (κ3) is 2.24. The zero-order valence-electron chi connectivity index (χ0n) is 10.3. The molecule has 19 heavy (non-hydrogen) atoms. The Morgan fingerprint density at radius 2 is 2.16 bits per heavy atom. The van der Waals surface area contributed by atoms with Gasteiger partial charge in [-0.25, -0.2) is 8.42 Å². The SMILES string of the molecule is O=C1Cc2cc(S(=O)(=O)N3CCCOC3)ccc2N1. The molecule has 3 rings (SSSR count). The van der Waals surface area contributed by atoms with Gasteiger partial charge in [0.2, 0.25) is 15.9 Å². The third-order valence-corrected chi connectivity index (χ3v) is 5.09. The Kier molecular flexibility index (Phi) is 3.04. The van der Waals surface area contributed by atoms with Crippen LogP contribution in [0.2, 0.25) is 0 Å². The Hall–Kier alpha value is -1.44. The summed E-state index contributed by atoms with van der Waals surface area (Å²) < 4.78 is 31.3. The van der Waals surface area contributed by atoms with Gasteiger partial charge in [0.25, 0.3) is 0 Å². The van der Waals surface area contributed by atoms with Crippen LogP contribution in [0, 0.1) is 0 Å². The number of ether oxygens (including phenoxy) is 1. The molecule has 0 unspecified atom stereocenters. The molecule has 0 bridgehead atoms. The lowest BCUT2D eigenvalue weighted by Gasteiger charge is -2.26. The maximum atomic E-state index is 12.4. The summed E-state index contributed by atoms with van der Waals surface area (Å²) in [7, 11) is -3.53. The number of benzene rings is 1. The lowest BCUT2D eigenvalue weighted by Crippen LogP contribution is -2.38. The number of fused-ring (bicyclic) bond motifs is 1. The van der Waals surface area contributed by atoms with E-state index in [0.717, 1.165) is 5.56 Å². The summed E-state index contributed by atoms with van der Waals surface area (Å²) in [5, 5.41) is 2.68. The fourth-order valence-corrected chi connectivity index (χ4v) is 3.69. The first-order valence-electron chi connectivity index (χ1n) is 6.08. The standard InChI is InChI=1S/C12H14N2O4S/c15-12-7-9-6-10(2-3-11(9)13-12)19(16,17)14-4-1-5-18-8-14/h2-3,6H,1,4-5,7-8H2,(H,13,15). The van der Waals surface area contributed by atoms with Crippen LogP contribution in [0.15, 0.2) is 23.1 Å². The van der Waals surface area contributed by atoms with E-state index < -0.39 is 10.0 Å². The Bertz CT molecular complexity index is 621. The summed E-state index contributed by atoms with van der Waals surface area (Å²) in [5.74, 6) is -0.106. The number of amides is 1. The van der Waals surface area contributed by atoms with Gasteiger partial charge >= 0.3 is 0 Å². The molecule has 1 amide bonds. The van der Waals surface area contributed by atoms with Crippen molar-refractivity contribution < 1.29 is 17.9 Å². The van der Waals surface area contributed by atoms with Crippen LogP contribution >= 0.6 is 0 Å². The molecule has 0 radical (unpaired) electrons. The van der Waals surface area contributed by atoms with Gasteiger partial charge in [-0.3, -0.25) is 4.79 Å². The van der Waals surface area contributed by atoms with Crippen molar-refractivity contribution in [3.8, 4) is 0 Å². The highest BCUT2D eigenvalue weighted by atomic mass is 32.2. The van der Waals surface area contributed by atoms with Crippen LogP contribution in [0.1, 0.15) is 12.0 Å². The lowest BCUT2D eigenvalue weighted by atomic mass is 10.2. The fourth-order valence-electron chi connectivity index (χ4n) is 2.28. The first-order chi connectivity index (χ1) is 9.07. The molecular weight excluding hydrogens is 268 g/mol. The Morgan fingerprint density at radius 3 is 2.89 bits per heavy atom. The molecule has 0 aromatic heterocycles. The second-order valence-electron chi connectivity index (χ2n) is 4.62. The summed E-state index contributed by atoms with van der Waals surface area (Å²) >= 11 is 0. The van der Waals surface area contributed by atoms with Gasteiger partial charge in [-0.1, -0.05) is 0 Å². The second-order valence-corrected chi connectivity index (χ2v) is 6.55. The van der Waals surface area contributed by atoms with Crippen LogP contribution in [-0.4, -0.2) is 38.5 Å². The monoisotopic (exact) mass is 282 g/mol. The molecule has 1 aromatic carbocycles. The van der Waals surface area contributed by atoms with E-state index in [-0.39, 0.29) is 24.0 Å². The predicted octanol–water partition coefficient (Wildman–Crippen LogP) is 0.550. The van der Waals surface area contributed by atoms with Gasteiger partial charge in [0.1, 0.15) is 6.73 Å². The molecule has 1 saturated heterocycles. The van der Waals surface area contributed by atoms with E-state index in [4.69, 9.17) is 4.74 Å². The van der Waals surface area contributed by atoms with Crippen molar-refractivity contribution in [1.82, 2.24) is 4.31 Å². The number of rotatable bonds is 2. The number of hydrogen-bond acceptors (Lipinski definition) is 4. The van der Waals surface area contributed by atoms with Crippen molar-refractivity contribution in [3.05, 3.63) is 23.8 Å². The van der Waals surface area contributed by atoms with Gasteiger partial charge < -0.3 is 10.1 Å². The normalized spacial score (nSPS) is 20.1. The van der Waals surface area contributed by atoms with E-state index in [9.17, 15) is 13.2 Å². The van der Waals surface area contributed by atoms with Crippen molar-refractivity contribution in [2.24, 2.45) is 0 Å². The van der Waals surface area contributed by atoms with Crippen LogP contribution in [-0.2, 0) is 26.0 Å². The molecule has 1 aromatic rings. The largest absolute Gasteiger partial charge is 0.365 e. The number of nitrogens with one attached hydrogen (secondary N) is 1. The number of nitrogens with zero attached hydrogens (tertiary/aromatic N) is 1. The zero-order chi connectivity index (χ0) is 13.5. The summed E-state index contributed by atoms with van der Waals surface area (Å²) in [6, 6.07) is 4.73. The van der Waals surface area contributed by atoms with Crippen molar-refractivity contribution in [2.45, 2.75) is 17.7 Å². The van der Waals surface area contributed by atoms with Gasteiger partial charge in [-0.15, -0.1) is 0 Å². The van der Waals surface area contributed by atoms with E-state index in [2.05, 4.69) is 5.32 Å². The lowest BCUT2D eigenvalue weighted by molar-refractivity contribution is -0.115. The first-order valence-corrected chi connectivity index (χ1v) is 7.52. The molecule has 2 aliphatic heterocycles. The molecule has 0 atom stereocenters. The second kappa shape index (κ2) is 4.59. The summed E-state index contributed by atoms with van der Waals surface area (Å²) in [5.41, 5.74) is 1.42. The molecule has 6 nitrogen and oxygen atoms in total. The minimum atomic E-state index is -3.53. The zero-order valence-corrected chi connectivity index (χ0v) is 11.1. The highest BCUT2D eigenvalue weighted by Gasteiger charge is 2.28. The topological polar surface area (TPSA) is 75.7 Å². The van der Waals surface area contributed by atoms with E-state index in [1.165, 1.54) is 10.4 Å². The van der Waals surface area contributed by atoms with Crippen LogP contribution in [0.5, 0.6) is 0 Å². The highest BCUT2D eigenvalue weighted by Crippen LogP contribution is 2.27. The molecule has 1 fully saturated rings. The quantitative estimate of drug-likeness (QED) is 0.859. The summed E-state index contributed by atoms with van der Waals surface area (Å²) in [6.07, 6.45) is 0.930. The van der Waals surface area contributed by atoms with Gasteiger partial charge in [-0.05, 0) is 30.2 Å². The van der Waals surface area contributed by atoms with Crippen molar-refractivity contribution in [2.75, 3.05) is 25.2 Å². The van der Waals surface area contributed by atoms with E-state index in [1.54, 1.807) is 12.1 Å². The number of carbonyl (C=O) groups excluding carboxylic acids is 1. The van der Waals surface area contributed by atoms with E-state index in [0.29, 0.717) is 25.3 Å². The van der Waals surface area contributed by atoms with Crippen LogP contribution in [0.4, 0.5) is 5.69 Å². The Morgan fingerprint density at radius 1 is 1.32 bits per heavy atom. The average Bonchev–Trinajstić information content (AvgIpc) is 2.78. The van der Waals surface area contributed by atoms with Crippen LogP contribution in [0.25, 0.3) is 0 Å². The third-order valence-electron chi connectivity index (χ3n) is 3.27. The van der Waals surface area contributed by atoms with E-state index in [1.807, 2.05) is 0 Å². The van der Waals surface area contributed by atoms with Gasteiger partial charge in [0.15, 0.2) is 0 Å². The highest BCUT2D eigenvalue weighted by molar-refractivity contribution is 7.89. The smallest absolute Gasteiger partial charge is 0.245 e. The minimum absolute atomic E-state index is 0.0938. The molecular formula is C12H14N2O4S. The molecule has 0 aliphatic carbocycles. The minimum Gasteiger partial charge on any atom is -0.365 e. The molecule has 0 spiro atoms. The van der Waals surface area contributed by atoms with Crippen molar-refractivity contribution in [3.63, 3.8) is 0 Å². The first kappa shape index (κ1) is 12.6. The maximum absolute atomic E-state index is 12.4. The fraction of sp³-hybridized carbons (Fsp3) is 0.417. The van der Waals surface area contributed by atoms with Gasteiger partial charge in [-0.2, -0.15) is 4.31 Å². The van der Waals surface area contributed by atoms with Crippen LogP contribution in [0.3, 0.4) is 0 Å². The summed E-state index contributed by atoms with van der Waals surface area (Å²) in [4.78, 5) is 11.5. The van der Waals surface area contributed by atoms with Crippen molar-refractivity contribution in [1.29, 1.82) is 0 Å². The Labute approximate surface area is 111 Å². The molecule has 7 heteroatoms. The predicted molar refractivity (Wildman–Crippen MR) is 68.1 cm³/mol. The number of carbonyl (C=O) groups is 1. The Balaban J connectivity index is 1.93. The van der Waals surface area contributed by atoms with Crippen molar-refractivity contribution >= 4 is 21.6 Å². The number of hydrogen-bond donors (Lipinski definition) is 1. The van der Waals surface area contributed by atoms with Gasteiger partial charge in [0.05, 0.1) is 11.3 Å². The molecule has 1 N–H and O–H groups in total. The van der Waals surface area contributed by atoms with Crippen LogP contribution < -0.4 is 5.32 Å². The molecule has 102 valence electrons. The van der Waals surface area contributed by atoms with Gasteiger partial charge in [0, 0.05) is 18.8 Å². The number of sulfonamides is 1.